The Morgan fingerprint density at radius 2 is 1.94 bits per heavy atom. The van der Waals surface area contributed by atoms with Crippen molar-refractivity contribution in [2.24, 2.45) is 11.8 Å². The van der Waals surface area contributed by atoms with Gasteiger partial charge < -0.3 is 5.11 Å². The Labute approximate surface area is 108 Å². The highest BCUT2D eigenvalue weighted by atomic mass is 32.2. The van der Waals surface area contributed by atoms with E-state index in [1.807, 2.05) is 6.92 Å². The Balaban J connectivity index is 2.00. The zero-order chi connectivity index (χ0) is 13.3. The van der Waals surface area contributed by atoms with E-state index in [0.29, 0.717) is 18.8 Å². The number of carboxylic acids is 1. The van der Waals surface area contributed by atoms with Gasteiger partial charge in [0.25, 0.3) is 0 Å². The van der Waals surface area contributed by atoms with Gasteiger partial charge in [0.2, 0.25) is 10.0 Å². The lowest BCUT2D eigenvalue weighted by Crippen LogP contribution is -2.48. The van der Waals surface area contributed by atoms with E-state index in [2.05, 4.69) is 0 Å². The second-order valence-electron chi connectivity index (χ2n) is 5.58. The largest absolute Gasteiger partial charge is 0.481 e. The minimum Gasteiger partial charge on any atom is -0.481 e. The van der Waals surface area contributed by atoms with Crippen molar-refractivity contribution in [1.82, 2.24) is 4.31 Å². The molecular weight excluding hydrogens is 254 g/mol. The molecule has 0 spiro atoms. The van der Waals surface area contributed by atoms with Crippen LogP contribution in [0.15, 0.2) is 0 Å². The summed E-state index contributed by atoms with van der Waals surface area (Å²) in [5, 5.41) is 9.01. The average Bonchev–Trinajstić information content (AvgIpc) is 3.10. The highest BCUT2D eigenvalue weighted by Crippen LogP contribution is 2.33. The van der Waals surface area contributed by atoms with Crippen molar-refractivity contribution >= 4 is 16.0 Å². The summed E-state index contributed by atoms with van der Waals surface area (Å²) in [6.07, 6.45) is 4.22. The second-order valence-corrected chi connectivity index (χ2v) is 7.62. The van der Waals surface area contributed by atoms with Crippen molar-refractivity contribution in [3.05, 3.63) is 0 Å². The van der Waals surface area contributed by atoms with E-state index in [9.17, 15) is 13.2 Å². The molecule has 1 N–H and O–H groups in total. The van der Waals surface area contributed by atoms with E-state index >= 15 is 0 Å². The van der Waals surface area contributed by atoms with Gasteiger partial charge in [0, 0.05) is 12.6 Å². The molecule has 1 saturated carbocycles. The maximum atomic E-state index is 12.2. The number of nitrogens with zero attached hydrogens (tertiary/aromatic N) is 1. The van der Waals surface area contributed by atoms with E-state index in [1.165, 1.54) is 4.31 Å². The molecule has 1 heterocycles. The fourth-order valence-corrected chi connectivity index (χ4v) is 4.43. The molecule has 1 aliphatic carbocycles. The third-order valence-electron chi connectivity index (χ3n) is 4.01. The van der Waals surface area contributed by atoms with E-state index in [1.54, 1.807) is 0 Å². The minimum atomic E-state index is -3.28. The van der Waals surface area contributed by atoms with Crippen LogP contribution in [0.2, 0.25) is 0 Å². The standard InChI is InChI=1S/C12H21NO4S/c1-9-2-5-11(12(14)15)8-13(9)18(16,17)7-6-10-3-4-10/h9-11H,2-8H2,1H3,(H,14,15). The SMILES string of the molecule is CC1CCC(C(=O)O)CN1S(=O)(=O)CCC1CC1. The smallest absolute Gasteiger partial charge is 0.307 e. The van der Waals surface area contributed by atoms with Crippen molar-refractivity contribution in [1.29, 1.82) is 0 Å². The number of rotatable bonds is 5. The van der Waals surface area contributed by atoms with E-state index in [4.69, 9.17) is 5.11 Å². The van der Waals surface area contributed by atoms with Crippen LogP contribution in [-0.4, -0.2) is 42.1 Å². The highest BCUT2D eigenvalue weighted by molar-refractivity contribution is 7.89. The number of hydrogen-bond donors (Lipinski definition) is 1. The van der Waals surface area contributed by atoms with Gasteiger partial charge in [-0.05, 0) is 32.1 Å². The highest BCUT2D eigenvalue weighted by Gasteiger charge is 2.37. The van der Waals surface area contributed by atoms with E-state index in [-0.39, 0.29) is 18.3 Å². The first-order chi connectivity index (χ1) is 8.40. The van der Waals surface area contributed by atoms with Gasteiger partial charge in [0.15, 0.2) is 0 Å². The topological polar surface area (TPSA) is 74.7 Å². The summed E-state index contributed by atoms with van der Waals surface area (Å²) in [4.78, 5) is 11.0. The van der Waals surface area contributed by atoms with Crippen LogP contribution >= 0.6 is 0 Å². The molecule has 0 aromatic rings. The van der Waals surface area contributed by atoms with Crippen molar-refractivity contribution in [3.63, 3.8) is 0 Å². The summed E-state index contributed by atoms with van der Waals surface area (Å²) >= 11 is 0. The van der Waals surface area contributed by atoms with Crippen LogP contribution in [0.1, 0.15) is 39.0 Å². The average molecular weight is 275 g/mol. The predicted molar refractivity (Wildman–Crippen MR) is 67.7 cm³/mol. The molecule has 5 nitrogen and oxygen atoms in total. The summed E-state index contributed by atoms with van der Waals surface area (Å²) in [5.41, 5.74) is 0. The Morgan fingerprint density at radius 1 is 1.28 bits per heavy atom. The van der Waals surface area contributed by atoms with E-state index < -0.39 is 21.9 Å². The molecule has 1 aliphatic heterocycles. The van der Waals surface area contributed by atoms with Crippen LogP contribution in [0.5, 0.6) is 0 Å². The van der Waals surface area contributed by atoms with Gasteiger partial charge in [0.05, 0.1) is 11.7 Å². The number of aliphatic carboxylic acids is 1. The summed E-state index contributed by atoms with van der Waals surface area (Å²) in [7, 11) is -3.28. The molecule has 18 heavy (non-hydrogen) atoms. The molecule has 2 rings (SSSR count). The molecule has 0 radical (unpaired) electrons. The molecule has 2 fully saturated rings. The zero-order valence-corrected chi connectivity index (χ0v) is 11.5. The maximum Gasteiger partial charge on any atom is 0.307 e. The molecule has 2 atom stereocenters. The van der Waals surface area contributed by atoms with Crippen molar-refractivity contribution in [3.8, 4) is 0 Å². The van der Waals surface area contributed by atoms with Crippen LogP contribution in [0.3, 0.4) is 0 Å². The normalized spacial score (nSPS) is 30.3. The van der Waals surface area contributed by atoms with Crippen LogP contribution < -0.4 is 0 Å². The number of piperidine rings is 1. The lowest BCUT2D eigenvalue weighted by Gasteiger charge is -2.35. The van der Waals surface area contributed by atoms with Gasteiger partial charge >= 0.3 is 5.97 Å². The first-order valence-electron chi connectivity index (χ1n) is 6.62. The molecule has 0 aromatic heterocycles. The van der Waals surface area contributed by atoms with Crippen LogP contribution in [0.4, 0.5) is 0 Å². The number of sulfonamides is 1. The van der Waals surface area contributed by atoms with Gasteiger partial charge in [-0.2, -0.15) is 4.31 Å². The molecular formula is C12H21NO4S. The minimum absolute atomic E-state index is 0.0650. The lowest BCUT2D eigenvalue weighted by molar-refractivity contribution is -0.143. The first kappa shape index (κ1) is 13.8. The molecule has 104 valence electrons. The first-order valence-corrected chi connectivity index (χ1v) is 8.23. The lowest BCUT2D eigenvalue weighted by atomic mass is 9.96. The maximum absolute atomic E-state index is 12.2. The predicted octanol–water partition coefficient (Wildman–Crippen LogP) is 1.30. The summed E-state index contributed by atoms with van der Waals surface area (Å²) < 4.78 is 25.9. The number of hydrogen-bond acceptors (Lipinski definition) is 3. The quantitative estimate of drug-likeness (QED) is 0.820. The van der Waals surface area contributed by atoms with Gasteiger partial charge in [-0.3, -0.25) is 4.79 Å². The van der Waals surface area contributed by atoms with Crippen LogP contribution in [-0.2, 0) is 14.8 Å². The third-order valence-corrected chi connectivity index (χ3v) is 5.99. The van der Waals surface area contributed by atoms with Crippen molar-refractivity contribution < 1.29 is 18.3 Å². The monoisotopic (exact) mass is 275 g/mol. The van der Waals surface area contributed by atoms with E-state index in [0.717, 1.165) is 19.3 Å². The fraction of sp³-hybridized carbons (Fsp3) is 0.917. The van der Waals surface area contributed by atoms with Gasteiger partial charge in [-0.25, -0.2) is 8.42 Å². The molecule has 6 heteroatoms. The fourth-order valence-electron chi connectivity index (χ4n) is 2.50. The molecule has 1 saturated heterocycles. The van der Waals surface area contributed by atoms with Gasteiger partial charge in [-0.15, -0.1) is 0 Å². The molecule has 0 amide bonds. The molecule has 2 unspecified atom stereocenters. The Bertz CT molecular complexity index is 416. The van der Waals surface area contributed by atoms with Crippen LogP contribution in [0.25, 0.3) is 0 Å². The van der Waals surface area contributed by atoms with Gasteiger partial charge in [-0.1, -0.05) is 12.8 Å². The Kier molecular flexibility index (Phi) is 3.96. The molecule has 2 aliphatic rings. The third kappa shape index (κ3) is 3.23. The molecule has 0 aromatic carbocycles. The van der Waals surface area contributed by atoms with Crippen molar-refractivity contribution in [2.45, 2.75) is 45.1 Å². The summed E-state index contributed by atoms with van der Waals surface area (Å²) in [5.74, 6) is -0.676. The van der Waals surface area contributed by atoms with Crippen molar-refractivity contribution in [2.75, 3.05) is 12.3 Å². The van der Waals surface area contributed by atoms with Gasteiger partial charge in [0.1, 0.15) is 0 Å². The Morgan fingerprint density at radius 3 is 2.50 bits per heavy atom. The second kappa shape index (κ2) is 5.17. The summed E-state index contributed by atoms with van der Waals surface area (Å²) in [6.45, 7) is 2.01. The number of carbonyl (C=O) groups is 1. The summed E-state index contributed by atoms with van der Waals surface area (Å²) in [6, 6.07) is -0.0650. The Hall–Kier alpha value is -0.620. The number of carboxylic acid groups (broad SMARTS) is 1. The zero-order valence-electron chi connectivity index (χ0n) is 10.7. The molecule has 0 bridgehead atoms. The van der Waals surface area contributed by atoms with Crippen LogP contribution in [0, 0.1) is 11.8 Å².